The molecule has 2 bridgehead atoms. The van der Waals surface area contributed by atoms with E-state index in [1.165, 1.54) is 12.8 Å². The molecular weight excluding hydrogens is 440 g/mol. The first-order valence-electron chi connectivity index (χ1n) is 11.4. The van der Waals surface area contributed by atoms with E-state index >= 15 is 0 Å². The summed E-state index contributed by atoms with van der Waals surface area (Å²) in [7, 11) is 1.65. The van der Waals surface area contributed by atoms with Gasteiger partial charge in [0, 0.05) is 42.1 Å². The summed E-state index contributed by atoms with van der Waals surface area (Å²) in [5.41, 5.74) is 1.16. The van der Waals surface area contributed by atoms with Crippen LogP contribution in [0.3, 0.4) is 0 Å². The van der Waals surface area contributed by atoms with E-state index in [2.05, 4.69) is 40.1 Å². The summed E-state index contributed by atoms with van der Waals surface area (Å²) < 4.78 is 13.1. The van der Waals surface area contributed by atoms with E-state index in [9.17, 15) is 0 Å². The average molecular weight is 469 g/mol. The minimum absolute atomic E-state index is 0.113. The zero-order chi connectivity index (χ0) is 22.9. The molecule has 1 saturated heterocycles. The van der Waals surface area contributed by atoms with Gasteiger partial charge in [0.2, 0.25) is 11.8 Å². The van der Waals surface area contributed by atoms with Gasteiger partial charge in [-0.2, -0.15) is 4.98 Å². The minimum Gasteiger partial charge on any atom is -0.481 e. The number of ether oxygens (including phenoxy) is 2. The molecule has 9 heteroatoms. The van der Waals surface area contributed by atoms with Gasteiger partial charge >= 0.3 is 6.01 Å². The van der Waals surface area contributed by atoms with E-state index in [1.807, 2.05) is 35.1 Å². The summed E-state index contributed by atoms with van der Waals surface area (Å²) in [6, 6.07) is 12.3. The van der Waals surface area contributed by atoms with Crippen LogP contribution in [0.5, 0.6) is 17.6 Å². The molecule has 2 fully saturated rings. The summed E-state index contributed by atoms with van der Waals surface area (Å²) in [5, 5.41) is 8.98. The summed E-state index contributed by atoms with van der Waals surface area (Å²) in [6.45, 7) is 6.10. The van der Waals surface area contributed by atoms with Crippen LogP contribution in [-0.4, -0.2) is 46.0 Å². The Balaban J connectivity index is 1.31. The Morgan fingerprint density at radius 3 is 2.61 bits per heavy atom. The smallest absolute Gasteiger partial charge is 0.322 e. The number of pyridine rings is 1. The van der Waals surface area contributed by atoms with Gasteiger partial charge in [0.1, 0.15) is 5.75 Å². The highest BCUT2D eigenvalue weighted by atomic mass is 35.5. The van der Waals surface area contributed by atoms with Crippen LogP contribution in [0.1, 0.15) is 32.7 Å². The second kappa shape index (κ2) is 9.09. The van der Waals surface area contributed by atoms with Crippen LogP contribution in [0.25, 0.3) is 0 Å². The van der Waals surface area contributed by atoms with Crippen LogP contribution in [0, 0.1) is 11.8 Å². The molecule has 33 heavy (non-hydrogen) atoms. The number of halogens is 1. The number of aromatic nitrogens is 4. The average Bonchev–Trinajstić information content (AvgIpc) is 3.29. The normalized spacial score (nSPS) is 22.0. The summed E-state index contributed by atoms with van der Waals surface area (Å²) in [6.07, 6.45) is 4.19. The summed E-state index contributed by atoms with van der Waals surface area (Å²) in [4.78, 5) is 11.4. The predicted molar refractivity (Wildman–Crippen MR) is 129 cm³/mol. The molecule has 174 valence electrons. The van der Waals surface area contributed by atoms with Gasteiger partial charge in [0.25, 0.3) is 0 Å². The maximum atomic E-state index is 6.11. The molecular formula is C24H29ClN6O2. The summed E-state index contributed by atoms with van der Waals surface area (Å²) in [5.74, 6) is 2.94. The molecule has 0 amide bonds. The van der Waals surface area contributed by atoms with Crippen LogP contribution < -0.4 is 19.7 Å². The van der Waals surface area contributed by atoms with E-state index in [0.717, 1.165) is 18.8 Å². The van der Waals surface area contributed by atoms with Crippen LogP contribution >= 0.6 is 11.6 Å². The number of methoxy groups -OCH3 is 1. The zero-order valence-corrected chi connectivity index (χ0v) is 19.9. The first-order valence-corrected chi connectivity index (χ1v) is 11.8. The SMILES string of the molecule is COc1cc(N2C[C@H]3CC[C@@H](C2)C3Nc2nc(Oc3cccc(Cl)c3)n(C(C)C)n2)ccn1. The highest BCUT2D eigenvalue weighted by Gasteiger charge is 2.42. The lowest BCUT2D eigenvalue weighted by Gasteiger charge is -2.39. The number of nitrogens with one attached hydrogen (secondary N) is 1. The molecule has 1 saturated carbocycles. The third kappa shape index (κ3) is 4.57. The molecule has 1 unspecified atom stereocenters. The van der Waals surface area contributed by atoms with E-state index < -0.39 is 0 Å². The van der Waals surface area contributed by atoms with Crippen molar-refractivity contribution in [3.05, 3.63) is 47.6 Å². The second-order valence-corrected chi connectivity index (χ2v) is 9.48. The number of hydrogen-bond acceptors (Lipinski definition) is 7. The number of hydrogen-bond donors (Lipinski definition) is 1. The van der Waals surface area contributed by atoms with E-state index in [0.29, 0.717) is 46.5 Å². The van der Waals surface area contributed by atoms with Gasteiger partial charge in [0.05, 0.1) is 13.2 Å². The third-order valence-electron chi connectivity index (χ3n) is 6.52. The highest BCUT2D eigenvalue weighted by Crippen LogP contribution is 2.40. The minimum atomic E-state index is 0.113. The molecule has 5 rings (SSSR count). The van der Waals surface area contributed by atoms with Crippen molar-refractivity contribution in [2.24, 2.45) is 11.8 Å². The molecule has 3 heterocycles. The van der Waals surface area contributed by atoms with Gasteiger partial charge in [-0.15, -0.1) is 5.10 Å². The molecule has 0 spiro atoms. The van der Waals surface area contributed by atoms with Gasteiger partial charge in [-0.25, -0.2) is 9.67 Å². The molecule has 1 aliphatic carbocycles. The summed E-state index contributed by atoms with van der Waals surface area (Å²) >= 11 is 6.11. The highest BCUT2D eigenvalue weighted by molar-refractivity contribution is 6.30. The van der Waals surface area contributed by atoms with Crippen molar-refractivity contribution in [2.45, 2.75) is 38.8 Å². The lowest BCUT2D eigenvalue weighted by atomic mass is 9.92. The molecule has 8 nitrogen and oxygen atoms in total. The largest absolute Gasteiger partial charge is 0.481 e. The number of piperidine rings is 1. The lowest BCUT2D eigenvalue weighted by Crippen LogP contribution is -2.48. The Morgan fingerprint density at radius 2 is 1.91 bits per heavy atom. The molecule has 3 atom stereocenters. The molecule has 1 N–H and O–H groups in total. The standard InChI is InChI=1S/C24H29ClN6O2/c1-15(2)31-24(33-20-6-4-5-18(25)11-20)28-23(29-31)27-22-16-7-8-17(22)14-30(13-16)19-9-10-26-21(12-19)32-3/h4-6,9-12,15-17,22H,7-8,13-14H2,1-3H3,(H,27,29)/t16-,17+,22?. The number of nitrogens with zero attached hydrogens (tertiary/aromatic N) is 5. The topological polar surface area (TPSA) is 77.3 Å². The van der Waals surface area contributed by atoms with Gasteiger partial charge < -0.3 is 19.7 Å². The van der Waals surface area contributed by atoms with Gasteiger partial charge in [-0.05, 0) is 62.8 Å². The van der Waals surface area contributed by atoms with Crippen LogP contribution in [-0.2, 0) is 0 Å². The monoisotopic (exact) mass is 468 g/mol. The number of anilines is 2. The van der Waals surface area contributed by atoms with E-state index in [4.69, 9.17) is 26.2 Å². The first-order chi connectivity index (χ1) is 16.0. The van der Waals surface area contributed by atoms with Crippen molar-refractivity contribution in [1.29, 1.82) is 0 Å². The van der Waals surface area contributed by atoms with Crippen LogP contribution in [0.15, 0.2) is 42.6 Å². The maximum absolute atomic E-state index is 6.11. The van der Waals surface area contributed by atoms with Crippen molar-refractivity contribution < 1.29 is 9.47 Å². The fraction of sp³-hybridized carbons (Fsp3) is 0.458. The molecule has 1 aromatic carbocycles. The molecule has 1 aliphatic heterocycles. The quantitative estimate of drug-likeness (QED) is 0.520. The molecule has 2 aliphatic rings. The molecule has 0 radical (unpaired) electrons. The fourth-order valence-electron chi connectivity index (χ4n) is 4.94. The number of rotatable bonds is 7. The Hall–Kier alpha value is -3.00. The van der Waals surface area contributed by atoms with Crippen molar-refractivity contribution in [1.82, 2.24) is 19.7 Å². The maximum Gasteiger partial charge on any atom is 0.322 e. The third-order valence-corrected chi connectivity index (χ3v) is 6.75. The van der Waals surface area contributed by atoms with E-state index in [1.54, 1.807) is 13.2 Å². The second-order valence-electron chi connectivity index (χ2n) is 9.04. The van der Waals surface area contributed by atoms with E-state index in [-0.39, 0.29) is 6.04 Å². The van der Waals surface area contributed by atoms with Gasteiger partial charge in [-0.3, -0.25) is 0 Å². The zero-order valence-electron chi connectivity index (χ0n) is 19.1. The van der Waals surface area contributed by atoms with Crippen molar-refractivity contribution >= 4 is 23.2 Å². The van der Waals surface area contributed by atoms with Crippen molar-refractivity contribution in [3.63, 3.8) is 0 Å². The van der Waals surface area contributed by atoms with Gasteiger partial charge in [-0.1, -0.05) is 17.7 Å². The van der Waals surface area contributed by atoms with Crippen LogP contribution in [0.4, 0.5) is 11.6 Å². The molecule has 2 aromatic heterocycles. The fourth-order valence-corrected chi connectivity index (χ4v) is 5.12. The van der Waals surface area contributed by atoms with Crippen molar-refractivity contribution in [3.8, 4) is 17.6 Å². The Bertz CT molecular complexity index is 1110. The van der Waals surface area contributed by atoms with Crippen LogP contribution in [0.2, 0.25) is 5.02 Å². The first kappa shape index (κ1) is 21.8. The van der Waals surface area contributed by atoms with Crippen molar-refractivity contribution in [2.75, 3.05) is 30.4 Å². The lowest BCUT2D eigenvalue weighted by molar-refractivity contribution is 0.373. The number of fused-ring (bicyclic) bond motifs is 2. The number of benzene rings is 1. The molecule has 3 aromatic rings. The Morgan fingerprint density at radius 1 is 1.12 bits per heavy atom. The Kier molecular flexibility index (Phi) is 6.01. The predicted octanol–water partition coefficient (Wildman–Crippen LogP) is 5.04. The van der Waals surface area contributed by atoms with Gasteiger partial charge in [0.15, 0.2) is 0 Å². The Labute approximate surface area is 198 Å².